The lowest BCUT2D eigenvalue weighted by Crippen LogP contribution is -2.07. The Morgan fingerprint density at radius 1 is 1.12 bits per heavy atom. The highest BCUT2D eigenvalue weighted by atomic mass is 32.1. The van der Waals surface area contributed by atoms with Crippen molar-refractivity contribution in [1.29, 1.82) is 0 Å². The van der Waals surface area contributed by atoms with Crippen LogP contribution in [-0.4, -0.2) is 5.91 Å². The molecule has 0 spiro atoms. The summed E-state index contributed by atoms with van der Waals surface area (Å²) < 4.78 is 26.8. The topological polar surface area (TPSA) is 43.1 Å². The minimum Gasteiger partial charge on any atom is -0.365 e. The van der Waals surface area contributed by atoms with Gasteiger partial charge in [-0.1, -0.05) is 6.07 Å². The van der Waals surface area contributed by atoms with E-state index in [0.717, 1.165) is 11.3 Å². The van der Waals surface area contributed by atoms with Gasteiger partial charge in [0.25, 0.3) is 5.91 Å². The third-order valence-corrected chi connectivity index (χ3v) is 3.18. The summed E-state index contributed by atoms with van der Waals surface area (Å²) in [6.07, 6.45) is 0. The fraction of sp³-hybridized carbons (Fsp3) is 0. The molecule has 0 radical (unpaired) electrons. The van der Waals surface area contributed by atoms with Gasteiger partial charge in [0, 0.05) is 4.88 Å². The molecule has 0 bridgehead atoms. The normalized spacial score (nSPS) is 10.4. The number of nitrogens with two attached hydrogens (primary N) is 1. The summed E-state index contributed by atoms with van der Waals surface area (Å²) >= 11 is 0.968. The maximum Gasteiger partial charge on any atom is 0.258 e. The van der Waals surface area contributed by atoms with Gasteiger partial charge in [0.1, 0.15) is 11.6 Å². The Bertz CT molecular complexity index is 530. The number of halogens is 2. The molecule has 0 saturated heterocycles. The Labute approximate surface area is 94.3 Å². The molecular weight excluding hydrogens is 232 g/mol. The predicted molar refractivity (Wildman–Crippen MR) is 58.2 cm³/mol. The fourth-order valence-electron chi connectivity index (χ4n) is 1.34. The number of carbonyl (C=O) groups is 1. The van der Waals surface area contributed by atoms with Gasteiger partial charge in [0.2, 0.25) is 0 Å². The Morgan fingerprint density at radius 3 is 2.25 bits per heavy atom. The van der Waals surface area contributed by atoms with Crippen molar-refractivity contribution < 1.29 is 13.6 Å². The first-order chi connectivity index (χ1) is 7.59. The van der Waals surface area contributed by atoms with E-state index in [1.165, 1.54) is 30.3 Å². The smallest absolute Gasteiger partial charge is 0.258 e. The van der Waals surface area contributed by atoms with Crippen LogP contribution >= 0.6 is 11.3 Å². The molecule has 1 heterocycles. The zero-order chi connectivity index (χ0) is 11.7. The van der Waals surface area contributed by atoms with Gasteiger partial charge in [-0.25, -0.2) is 8.78 Å². The second kappa shape index (κ2) is 4.02. The van der Waals surface area contributed by atoms with E-state index in [1.54, 1.807) is 0 Å². The Balaban J connectivity index is 2.54. The van der Waals surface area contributed by atoms with Crippen LogP contribution in [0.1, 0.15) is 9.67 Å². The van der Waals surface area contributed by atoms with E-state index in [2.05, 4.69) is 0 Å². The molecule has 1 aromatic heterocycles. The molecule has 0 saturated carbocycles. The maximum absolute atomic E-state index is 13.4. The quantitative estimate of drug-likeness (QED) is 0.860. The van der Waals surface area contributed by atoms with Crippen LogP contribution in [0.5, 0.6) is 0 Å². The van der Waals surface area contributed by atoms with Crippen molar-refractivity contribution in [3.63, 3.8) is 0 Å². The molecule has 0 aliphatic rings. The number of carbonyl (C=O) groups excluding carboxylic acids is 1. The Hall–Kier alpha value is -1.75. The largest absolute Gasteiger partial charge is 0.365 e. The predicted octanol–water partition coefficient (Wildman–Crippen LogP) is 2.79. The number of benzene rings is 1. The second-order valence-corrected chi connectivity index (χ2v) is 4.21. The molecule has 0 fully saturated rings. The number of thiophene rings is 1. The highest BCUT2D eigenvalue weighted by Crippen LogP contribution is 2.31. The van der Waals surface area contributed by atoms with Crippen molar-refractivity contribution in [2.75, 3.05) is 0 Å². The van der Waals surface area contributed by atoms with E-state index in [-0.39, 0.29) is 10.4 Å². The van der Waals surface area contributed by atoms with Crippen LogP contribution in [-0.2, 0) is 0 Å². The summed E-state index contributed by atoms with van der Waals surface area (Å²) in [6.45, 7) is 0. The second-order valence-electron chi connectivity index (χ2n) is 3.12. The number of amides is 1. The first-order valence-electron chi connectivity index (χ1n) is 4.43. The summed E-state index contributed by atoms with van der Waals surface area (Å²) in [5.74, 6) is -1.91. The van der Waals surface area contributed by atoms with Crippen LogP contribution in [0.4, 0.5) is 8.78 Å². The van der Waals surface area contributed by atoms with Crippen molar-refractivity contribution in [2.45, 2.75) is 0 Å². The van der Waals surface area contributed by atoms with Crippen molar-refractivity contribution in [2.24, 2.45) is 5.73 Å². The lowest BCUT2D eigenvalue weighted by Gasteiger charge is -2.00. The molecule has 2 nitrogen and oxygen atoms in total. The molecule has 16 heavy (non-hydrogen) atoms. The number of primary amides is 1. The van der Waals surface area contributed by atoms with E-state index in [9.17, 15) is 13.6 Å². The standard InChI is InChI=1S/C11H7F2NOS/c12-6-2-1-3-7(13)10(6)8-4-5-9(16-8)11(14)15/h1-5H,(H2,14,15). The van der Waals surface area contributed by atoms with Crippen LogP contribution in [0.2, 0.25) is 0 Å². The molecule has 0 atom stereocenters. The molecule has 2 N–H and O–H groups in total. The molecule has 1 amide bonds. The average Bonchev–Trinajstić information content (AvgIpc) is 2.66. The van der Waals surface area contributed by atoms with Gasteiger partial charge in [-0.3, -0.25) is 4.79 Å². The van der Waals surface area contributed by atoms with E-state index in [1.807, 2.05) is 0 Å². The Morgan fingerprint density at radius 2 is 1.75 bits per heavy atom. The van der Waals surface area contributed by atoms with E-state index < -0.39 is 17.5 Å². The van der Waals surface area contributed by atoms with E-state index in [0.29, 0.717) is 4.88 Å². The van der Waals surface area contributed by atoms with Gasteiger partial charge >= 0.3 is 0 Å². The number of hydrogen-bond donors (Lipinski definition) is 1. The zero-order valence-electron chi connectivity index (χ0n) is 8.04. The summed E-state index contributed by atoms with van der Waals surface area (Å²) in [5, 5.41) is 0. The summed E-state index contributed by atoms with van der Waals surface area (Å²) in [4.78, 5) is 11.5. The molecule has 2 rings (SSSR count). The van der Waals surface area contributed by atoms with Crippen molar-refractivity contribution in [3.8, 4) is 10.4 Å². The summed E-state index contributed by atoms with van der Waals surface area (Å²) in [6, 6.07) is 6.56. The van der Waals surface area contributed by atoms with Crippen molar-refractivity contribution in [3.05, 3.63) is 46.8 Å². The van der Waals surface area contributed by atoms with Gasteiger partial charge in [0.15, 0.2) is 0 Å². The molecule has 5 heteroatoms. The van der Waals surface area contributed by atoms with Gasteiger partial charge in [-0.15, -0.1) is 11.3 Å². The van der Waals surface area contributed by atoms with Crippen LogP contribution < -0.4 is 5.73 Å². The number of rotatable bonds is 2. The summed E-state index contributed by atoms with van der Waals surface area (Å²) in [5.41, 5.74) is 4.94. The molecule has 1 aromatic carbocycles. The van der Waals surface area contributed by atoms with Crippen LogP contribution in [0.3, 0.4) is 0 Å². The highest BCUT2D eigenvalue weighted by molar-refractivity contribution is 7.17. The first kappa shape index (κ1) is 10.8. The lowest BCUT2D eigenvalue weighted by atomic mass is 10.1. The van der Waals surface area contributed by atoms with Crippen LogP contribution in [0.25, 0.3) is 10.4 Å². The molecule has 0 aliphatic carbocycles. The van der Waals surface area contributed by atoms with Crippen molar-refractivity contribution in [1.82, 2.24) is 0 Å². The van der Waals surface area contributed by atoms with E-state index >= 15 is 0 Å². The van der Waals surface area contributed by atoms with Crippen LogP contribution in [0, 0.1) is 11.6 Å². The van der Waals surface area contributed by atoms with Gasteiger partial charge in [-0.2, -0.15) is 0 Å². The van der Waals surface area contributed by atoms with Gasteiger partial charge in [0.05, 0.1) is 10.4 Å². The molecule has 2 aromatic rings. The molecule has 82 valence electrons. The third-order valence-electron chi connectivity index (χ3n) is 2.06. The van der Waals surface area contributed by atoms with Crippen molar-refractivity contribution >= 4 is 17.2 Å². The lowest BCUT2D eigenvalue weighted by molar-refractivity contribution is 0.100. The maximum atomic E-state index is 13.4. The Kier molecular flexibility index (Phi) is 2.70. The van der Waals surface area contributed by atoms with Gasteiger partial charge in [-0.05, 0) is 24.3 Å². The monoisotopic (exact) mass is 239 g/mol. The number of hydrogen-bond acceptors (Lipinski definition) is 2. The molecule has 0 aliphatic heterocycles. The molecular formula is C11H7F2NOS. The summed E-state index contributed by atoms with van der Waals surface area (Å²) in [7, 11) is 0. The fourth-order valence-corrected chi connectivity index (χ4v) is 2.24. The SMILES string of the molecule is NC(=O)c1ccc(-c2c(F)cccc2F)s1. The van der Waals surface area contributed by atoms with E-state index in [4.69, 9.17) is 5.73 Å². The van der Waals surface area contributed by atoms with Crippen LogP contribution in [0.15, 0.2) is 30.3 Å². The highest BCUT2D eigenvalue weighted by Gasteiger charge is 2.14. The first-order valence-corrected chi connectivity index (χ1v) is 5.25. The zero-order valence-corrected chi connectivity index (χ0v) is 8.85. The van der Waals surface area contributed by atoms with Gasteiger partial charge < -0.3 is 5.73 Å². The minimum absolute atomic E-state index is 0.125. The third kappa shape index (κ3) is 1.81. The minimum atomic E-state index is -0.655. The average molecular weight is 239 g/mol. The molecule has 0 unspecified atom stereocenters.